The Morgan fingerprint density at radius 3 is 2.10 bits per heavy atom. The van der Waals surface area contributed by atoms with E-state index in [2.05, 4.69) is 5.32 Å². The van der Waals surface area contributed by atoms with Crippen LogP contribution in [0, 0.1) is 0 Å². The van der Waals surface area contributed by atoms with Crippen molar-refractivity contribution in [3.63, 3.8) is 0 Å². The van der Waals surface area contributed by atoms with Crippen LogP contribution >= 0.6 is 11.6 Å². The average Bonchev–Trinajstić information content (AvgIpc) is 2.66. The minimum absolute atomic E-state index is 0. The second-order valence-electron chi connectivity index (χ2n) is 6.40. The van der Waals surface area contributed by atoms with Crippen molar-refractivity contribution in [2.24, 2.45) is 0 Å². The van der Waals surface area contributed by atoms with E-state index in [0.29, 0.717) is 10.7 Å². The van der Waals surface area contributed by atoms with Crippen molar-refractivity contribution in [1.82, 2.24) is 0 Å². The van der Waals surface area contributed by atoms with E-state index >= 15 is 0 Å². The molecule has 0 radical (unpaired) electrons. The third-order valence-electron chi connectivity index (χ3n) is 4.58. The molecule has 0 unspecified atom stereocenters. The average molecular weight is 453 g/mol. The molecule has 0 saturated heterocycles. The van der Waals surface area contributed by atoms with Gasteiger partial charge in [-0.1, -0.05) is 41.9 Å². The van der Waals surface area contributed by atoms with Gasteiger partial charge in [-0.05, 0) is 24.3 Å². The Bertz CT molecular complexity index is 1330. The maximum Gasteiger partial charge on any atom is 1.00 e. The molecule has 1 aliphatic rings. The quantitative estimate of drug-likeness (QED) is 0.238. The Morgan fingerprint density at radius 1 is 0.933 bits per heavy atom. The van der Waals surface area contributed by atoms with Crippen molar-refractivity contribution in [3.05, 3.63) is 81.9 Å². The predicted octanol–water partition coefficient (Wildman–Crippen LogP) is 0.804. The zero-order valence-corrected chi connectivity index (χ0v) is 19.2. The minimum Gasteiger partial charge on any atom is -1.00 e. The number of nitrogen functional groups attached to an aromatic ring is 1. The van der Waals surface area contributed by atoms with Crippen LogP contribution in [0.3, 0.4) is 0 Å². The van der Waals surface area contributed by atoms with E-state index in [1.807, 2.05) is 0 Å². The van der Waals surface area contributed by atoms with E-state index in [0.717, 1.165) is 6.07 Å². The maximum absolute atomic E-state index is 13.2. The molecule has 1 aliphatic carbocycles. The number of hydrogen-bond donors (Lipinski definition) is 3. The molecule has 0 bridgehead atoms. The van der Waals surface area contributed by atoms with Crippen molar-refractivity contribution in [1.29, 1.82) is 0 Å². The molecule has 0 amide bonds. The third-order valence-corrected chi connectivity index (χ3v) is 5.71. The summed E-state index contributed by atoms with van der Waals surface area (Å²) in [6.45, 7) is 0. The van der Waals surface area contributed by atoms with E-state index < -0.39 is 32.3 Å². The minimum atomic E-state index is -4.76. The molecule has 30 heavy (non-hydrogen) atoms. The van der Waals surface area contributed by atoms with Crippen LogP contribution in [0.2, 0.25) is 5.02 Å². The summed E-state index contributed by atoms with van der Waals surface area (Å²) in [7, 11) is -4.76. The molecule has 0 aromatic heterocycles. The second kappa shape index (κ2) is 8.14. The fourth-order valence-corrected chi connectivity index (χ4v) is 4.16. The van der Waals surface area contributed by atoms with Gasteiger partial charge in [-0.2, -0.15) is 8.42 Å². The molecule has 0 heterocycles. The number of carbonyl (C=O) groups excluding carboxylic acids is 2. The van der Waals surface area contributed by atoms with Gasteiger partial charge in [0, 0.05) is 21.8 Å². The van der Waals surface area contributed by atoms with Crippen molar-refractivity contribution >= 4 is 50.3 Å². The largest absolute Gasteiger partial charge is 1.00 e. The number of nitrogens with one attached hydrogen (secondary N) is 1. The van der Waals surface area contributed by atoms with Gasteiger partial charge in [0.05, 0.1) is 22.5 Å². The van der Waals surface area contributed by atoms with Crippen LogP contribution in [-0.2, 0) is 10.1 Å². The molecule has 0 fully saturated rings. The van der Waals surface area contributed by atoms with Gasteiger partial charge in [-0.3, -0.25) is 14.1 Å². The first-order valence-electron chi connectivity index (χ1n) is 8.33. The number of nitrogens with two attached hydrogens (primary N) is 1. The van der Waals surface area contributed by atoms with Gasteiger partial charge in [0.1, 0.15) is 4.90 Å². The zero-order chi connectivity index (χ0) is 20.9. The Balaban J connectivity index is 0.00000171. The summed E-state index contributed by atoms with van der Waals surface area (Å²) < 4.78 is 33.3. The van der Waals surface area contributed by atoms with Crippen LogP contribution < -0.4 is 40.6 Å². The van der Waals surface area contributed by atoms with Crippen molar-refractivity contribution in [3.8, 4) is 0 Å². The first kappa shape index (κ1) is 22.5. The molecule has 148 valence electrons. The summed E-state index contributed by atoms with van der Waals surface area (Å²) in [6.07, 6.45) is 0. The smallest absolute Gasteiger partial charge is 1.00 e. The SMILES string of the molecule is Nc1c(S(=O)(=O)O)cc(Nc2cccc(Cl)c2)c2c1C(=O)c1ccccc1C2=O.[H-].[Na+]. The molecular formula is C20H14ClN2NaO5S. The van der Waals surface area contributed by atoms with E-state index in [4.69, 9.17) is 17.3 Å². The molecule has 3 aromatic rings. The van der Waals surface area contributed by atoms with E-state index in [-0.39, 0.29) is 58.9 Å². The van der Waals surface area contributed by atoms with Crippen molar-refractivity contribution in [2.45, 2.75) is 4.90 Å². The molecule has 0 aliphatic heterocycles. The van der Waals surface area contributed by atoms with Crippen LogP contribution in [-0.4, -0.2) is 24.5 Å². The Kier molecular flexibility index (Phi) is 6.10. The van der Waals surface area contributed by atoms with Gasteiger partial charge in [-0.15, -0.1) is 0 Å². The fourth-order valence-electron chi connectivity index (χ4n) is 3.33. The topological polar surface area (TPSA) is 127 Å². The number of benzene rings is 3. The van der Waals surface area contributed by atoms with E-state index in [9.17, 15) is 22.6 Å². The third kappa shape index (κ3) is 3.78. The molecule has 4 rings (SSSR count). The molecule has 0 saturated carbocycles. The summed E-state index contributed by atoms with van der Waals surface area (Å²) in [5, 5.41) is 3.31. The Morgan fingerprint density at radius 2 is 1.53 bits per heavy atom. The monoisotopic (exact) mass is 452 g/mol. The molecule has 4 N–H and O–H groups in total. The Labute approximate surface area is 200 Å². The first-order valence-corrected chi connectivity index (χ1v) is 10.2. The van der Waals surface area contributed by atoms with Crippen LogP contribution in [0.5, 0.6) is 0 Å². The van der Waals surface area contributed by atoms with Crippen LogP contribution in [0.1, 0.15) is 33.3 Å². The van der Waals surface area contributed by atoms with E-state index in [1.165, 1.54) is 12.1 Å². The Hall–Kier alpha value is -2.20. The number of hydrogen-bond acceptors (Lipinski definition) is 6. The molecule has 3 aromatic carbocycles. The molecule has 10 heteroatoms. The van der Waals surface area contributed by atoms with Gasteiger partial charge >= 0.3 is 29.6 Å². The second-order valence-corrected chi connectivity index (χ2v) is 8.23. The number of fused-ring (bicyclic) bond motifs is 2. The van der Waals surface area contributed by atoms with Crippen LogP contribution in [0.25, 0.3) is 0 Å². The summed E-state index contributed by atoms with van der Waals surface area (Å²) in [5.74, 6) is -1.10. The molecule has 0 spiro atoms. The molecule has 0 atom stereocenters. The van der Waals surface area contributed by atoms with Gasteiger partial charge in [0.25, 0.3) is 10.1 Å². The maximum atomic E-state index is 13.2. The van der Waals surface area contributed by atoms with Crippen molar-refractivity contribution in [2.75, 3.05) is 11.1 Å². The number of rotatable bonds is 3. The van der Waals surface area contributed by atoms with Gasteiger partial charge in [-0.25, -0.2) is 0 Å². The predicted molar refractivity (Wildman–Crippen MR) is 110 cm³/mol. The molecule has 7 nitrogen and oxygen atoms in total. The number of anilines is 3. The normalized spacial score (nSPS) is 12.6. The van der Waals surface area contributed by atoms with Crippen LogP contribution in [0.15, 0.2) is 59.5 Å². The summed E-state index contributed by atoms with van der Waals surface area (Å²) in [4.78, 5) is 25.5. The molecular weight excluding hydrogens is 439 g/mol. The van der Waals surface area contributed by atoms with Gasteiger partial charge in [0.2, 0.25) is 0 Å². The van der Waals surface area contributed by atoms with Gasteiger partial charge < -0.3 is 12.5 Å². The number of carbonyl (C=O) groups is 2. The summed E-state index contributed by atoms with van der Waals surface area (Å²) in [6, 6.07) is 13.7. The standard InChI is InChI=1S/C20H13ClN2O5S.Na.H/c21-10-4-3-5-11(8-10)23-14-9-15(29(26,27)28)18(22)17-16(14)19(24)12-6-1-2-7-13(12)20(17)25;;/h1-9,23H,22H2,(H,26,27,28);;/q;+1;-1. The summed E-state index contributed by atoms with van der Waals surface area (Å²) in [5.41, 5.74) is 5.85. The van der Waals surface area contributed by atoms with Gasteiger partial charge in [0.15, 0.2) is 11.6 Å². The number of halogens is 1. The summed E-state index contributed by atoms with van der Waals surface area (Å²) >= 11 is 5.99. The fraction of sp³-hybridized carbons (Fsp3) is 0. The number of ketones is 2. The van der Waals surface area contributed by atoms with Crippen molar-refractivity contribution < 1.29 is 53.5 Å². The van der Waals surface area contributed by atoms with Crippen LogP contribution in [0.4, 0.5) is 17.1 Å². The first-order chi connectivity index (χ1) is 13.7. The van der Waals surface area contributed by atoms with E-state index in [1.54, 1.807) is 36.4 Å². The zero-order valence-electron chi connectivity index (χ0n) is 16.6.